The van der Waals surface area contributed by atoms with Crippen LogP contribution in [0.15, 0.2) is 36.5 Å². The molecule has 9 nitrogen and oxygen atoms in total. The highest BCUT2D eigenvalue weighted by molar-refractivity contribution is 6.34. The predicted molar refractivity (Wildman–Crippen MR) is 152 cm³/mol. The number of pyridine rings is 1. The summed E-state index contributed by atoms with van der Waals surface area (Å²) in [5.74, 6) is 1.66. The maximum Gasteiger partial charge on any atom is 0.223 e. The molecule has 0 unspecified atom stereocenters. The van der Waals surface area contributed by atoms with Crippen LogP contribution in [0.25, 0.3) is 22.6 Å². The molecule has 1 saturated heterocycles. The van der Waals surface area contributed by atoms with Crippen molar-refractivity contribution in [3.8, 4) is 17.1 Å². The number of rotatable bonds is 8. The fourth-order valence-corrected chi connectivity index (χ4v) is 7.00. The topological polar surface area (TPSA) is 129 Å². The summed E-state index contributed by atoms with van der Waals surface area (Å²) in [7, 11) is 1.68. The van der Waals surface area contributed by atoms with Gasteiger partial charge in [0.05, 0.1) is 36.0 Å². The summed E-state index contributed by atoms with van der Waals surface area (Å²) in [5.41, 5.74) is 9.94. The number of aliphatic hydroxyl groups excluding tert-OH is 1. The van der Waals surface area contributed by atoms with Crippen molar-refractivity contribution < 1.29 is 14.6 Å². The van der Waals surface area contributed by atoms with E-state index in [9.17, 15) is 9.90 Å². The van der Waals surface area contributed by atoms with Crippen molar-refractivity contribution in [2.24, 2.45) is 23.5 Å². The van der Waals surface area contributed by atoms with Crippen LogP contribution in [0.3, 0.4) is 0 Å². The Kier molecular flexibility index (Phi) is 6.99. The van der Waals surface area contributed by atoms with Crippen LogP contribution >= 0.6 is 11.6 Å². The van der Waals surface area contributed by atoms with Gasteiger partial charge in [0.25, 0.3) is 0 Å². The third kappa shape index (κ3) is 4.88. The van der Waals surface area contributed by atoms with Gasteiger partial charge in [0.15, 0.2) is 5.65 Å². The van der Waals surface area contributed by atoms with E-state index in [0.29, 0.717) is 40.2 Å². The summed E-state index contributed by atoms with van der Waals surface area (Å²) in [6.45, 7) is 4.38. The Hall–Kier alpha value is -3.14. The Bertz CT molecular complexity index is 1410. The fourth-order valence-electron chi connectivity index (χ4n) is 6.80. The molecule has 5 atom stereocenters. The van der Waals surface area contributed by atoms with Crippen LogP contribution < -0.4 is 15.8 Å². The number of fused-ring (bicyclic) bond motifs is 3. The highest BCUT2D eigenvalue weighted by Crippen LogP contribution is 2.46. The largest absolute Gasteiger partial charge is 0.497 e. The molecule has 10 heteroatoms. The number of ether oxygens (including phenoxy) is 1. The van der Waals surface area contributed by atoms with Gasteiger partial charge >= 0.3 is 0 Å². The molecule has 2 aromatic heterocycles. The Morgan fingerprint density at radius 3 is 2.79 bits per heavy atom. The quantitative estimate of drug-likeness (QED) is 0.313. The van der Waals surface area contributed by atoms with Gasteiger partial charge in [-0.2, -0.15) is 0 Å². The van der Waals surface area contributed by atoms with Crippen molar-refractivity contribution in [1.29, 1.82) is 0 Å². The zero-order chi connectivity index (χ0) is 27.3. The molecule has 2 fully saturated rings. The van der Waals surface area contributed by atoms with Crippen LogP contribution in [0.2, 0.25) is 5.02 Å². The summed E-state index contributed by atoms with van der Waals surface area (Å²) in [6.07, 6.45) is 8.42. The number of likely N-dealkylation sites (tertiary alicyclic amines) is 1. The standard InChI is InChI=1S/C29H35ClN6O3/c1-15(37)14-36-9-7-16(8-10-36)21-12-19(39-2)5-6-20(21)28-34-26-25(22(30)13-32-29(26)35-28)33-24-18-4-3-17(11-18)23(24)27(31)38/h3-6,12-13,15-18,23-24,37H,7-11,14H2,1-2H3,(H2,31,38)(H2,32,33,34,35)/t15-,17+,18-,23-,24+/m0/s1. The first-order valence-corrected chi connectivity index (χ1v) is 14.1. The summed E-state index contributed by atoms with van der Waals surface area (Å²) in [5, 5.41) is 13.8. The number of hydrogen-bond acceptors (Lipinski definition) is 7. The van der Waals surface area contributed by atoms with Gasteiger partial charge < -0.3 is 30.8 Å². The van der Waals surface area contributed by atoms with Crippen LogP contribution in [0.4, 0.5) is 5.69 Å². The zero-order valence-electron chi connectivity index (χ0n) is 22.2. The first kappa shape index (κ1) is 26.1. The lowest BCUT2D eigenvalue weighted by Gasteiger charge is -2.33. The number of halogens is 1. The molecule has 5 N–H and O–H groups in total. The molecular weight excluding hydrogens is 516 g/mol. The second-order valence-corrected chi connectivity index (χ2v) is 11.6. The van der Waals surface area contributed by atoms with Crippen LogP contribution in [-0.2, 0) is 4.79 Å². The highest BCUT2D eigenvalue weighted by Gasteiger charge is 2.47. The molecule has 6 rings (SSSR count). The lowest BCUT2D eigenvalue weighted by atomic mass is 9.86. The number of nitrogens with zero attached hydrogens (tertiary/aromatic N) is 3. The molecule has 1 aromatic carbocycles. The molecule has 3 aromatic rings. The second kappa shape index (κ2) is 10.4. The minimum absolute atomic E-state index is 0.129. The number of imidazole rings is 1. The van der Waals surface area contributed by atoms with E-state index in [4.69, 9.17) is 27.1 Å². The fraction of sp³-hybridized carbons (Fsp3) is 0.483. The second-order valence-electron chi connectivity index (χ2n) is 11.2. The van der Waals surface area contributed by atoms with Crippen molar-refractivity contribution in [3.05, 3.63) is 47.1 Å². The number of aromatic nitrogens is 3. The Labute approximate surface area is 232 Å². The van der Waals surface area contributed by atoms with E-state index in [1.165, 1.54) is 5.56 Å². The van der Waals surface area contributed by atoms with Gasteiger partial charge in [-0.15, -0.1) is 0 Å². The first-order valence-electron chi connectivity index (χ1n) is 13.7. The van der Waals surface area contributed by atoms with E-state index in [2.05, 4.69) is 38.4 Å². The maximum atomic E-state index is 12.3. The number of nitrogens with one attached hydrogen (secondary N) is 2. The number of aromatic amines is 1. The minimum Gasteiger partial charge on any atom is -0.497 e. The number of aliphatic hydroxyl groups is 1. The van der Waals surface area contributed by atoms with Crippen molar-refractivity contribution in [2.45, 2.75) is 44.2 Å². The molecule has 1 saturated carbocycles. The third-order valence-electron chi connectivity index (χ3n) is 8.64. The number of hydrogen-bond donors (Lipinski definition) is 4. The van der Waals surface area contributed by atoms with Crippen LogP contribution in [-0.4, -0.2) is 69.8 Å². The summed E-state index contributed by atoms with van der Waals surface area (Å²) in [4.78, 5) is 27.5. The van der Waals surface area contributed by atoms with Crippen LogP contribution in [0.1, 0.15) is 37.7 Å². The minimum atomic E-state index is -0.333. The first-order chi connectivity index (χ1) is 18.8. The van der Waals surface area contributed by atoms with E-state index in [0.717, 1.165) is 43.7 Å². The summed E-state index contributed by atoms with van der Waals surface area (Å²) >= 11 is 6.66. The number of methoxy groups -OCH3 is 1. The number of β-amino-alcohol motifs (C(OH)–C–C–N with tert-alkyl or cyclic N) is 1. The van der Waals surface area contributed by atoms with Gasteiger partial charge in [-0.05, 0) is 80.8 Å². The molecule has 39 heavy (non-hydrogen) atoms. The lowest BCUT2D eigenvalue weighted by molar-refractivity contribution is -0.122. The van der Waals surface area contributed by atoms with Crippen molar-refractivity contribution in [3.63, 3.8) is 0 Å². The number of H-pyrrole nitrogens is 1. The molecule has 1 amide bonds. The normalized spacial score (nSPS) is 25.8. The molecule has 0 spiro atoms. The van der Waals surface area contributed by atoms with Crippen LogP contribution in [0, 0.1) is 17.8 Å². The third-order valence-corrected chi connectivity index (χ3v) is 8.92. The molecule has 0 radical (unpaired) electrons. The summed E-state index contributed by atoms with van der Waals surface area (Å²) < 4.78 is 5.57. The molecule has 2 aliphatic carbocycles. The highest BCUT2D eigenvalue weighted by atomic mass is 35.5. The van der Waals surface area contributed by atoms with E-state index in [-0.39, 0.29) is 35.8 Å². The van der Waals surface area contributed by atoms with E-state index in [1.54, 1.807) is 13.3 Å². The van der Waals surface area contributed by atoms with E-state index < -0.39 is 0 Å². The Morgan fingerprint density at radius 2 is 2.08 bits per heavy atom. The average Bonchev–Trinajstić information content (AvgIpc) is 3.65. The number of anilines is 1. The van der Waals surface area contributed by atoms with Crippen molar-refractivity contribution in [2.75, 3.05) is 32.1 Å². The van der Waals surface area contributed by atoms with Crippen molar-refractivity contribution in [1.82, 2.24) is 19.9 Å². The van der Waals surface area contributed by atoms with Gasteiger partial charge in [0, 0.05) is 18.2 Å². The van der Waals surface area contributed by atoms with Gasteiger partial charge in [-0.3, -0.25) is 4.79 Å². The van der Waals surface area contributed by atoms with Crippen LogP contribution in [0.5, 0.6) is 5.75 Å². The number of nitrogens with two attached hydrogens (primary N) is 1. The maximum absolute atomic E-state index is 12.3. The number of piperidine rings is 1. The van der Waals surface area contributed by atoms with Gasteiger partial charge in [-0.25, -0.2) is 9.97 Å². The monoisotopic (exact) mass is 550 g/mol. The molecule has 2 bridgehead atoms. The van der Waals surface area contributed by atoms with Gasteiger partial charge in [-0.1, -0.05) is 23.8 Å². The number of carbonyl (C=O) groups excluding carboxylic acids is 1. The van der Waals surface area contributed by atoms with Gasteiger partial charge in [0.2, 0.25) is 5.91 Å². The molecular formula is C29H35ClN6O3. The Balaban J connectivity index is 1.34. The SMILES string of the molecule is COc1ccc(-c2nc3ncc(Cl)c(N[C@H]4[C@@H](C(N)=O)[C@@H]5C=C[C@H]4C5)c3[nH]2)c(C2CCN(C[C@H](C)O)CC2)c1. The number of primary amides is 1. The van der Waals surface area contributed by atoms with E-state index >= 15 is 0 Å². The lowest BCUT2D eigenvalue weighted by Crippen LogP contribution is -2.41. The average molecular weight is 551 g/mol. The van der Waals surface area contributed by atoms with Crippen molar-refractivity contribution >= 4 is 34.4 Å². The number of carbonyl (C=O) groups is 1. The smallest absolute Gasteiger partial charge is 0.223 e. The molecule has 3 heterocycles. The zero-order valence-corrected chi connectivity index (χ0v) is 23.0. The molecule has 1 aliphatic heterocycles. The predicted octanol–water partition coefficient (Wildman–Crippen LogP) is 3.94. The Morgan fingerprint density at radius 1 is 1.31 bits per heavy atom. The number of amides is 1. The van der Waals surface area contributed by atoms with E-state index in [1.807, 2.05) is 19.1 Å². The summed E-state index contributed by atoms with van der Waals surface area (Å²) in [6, 6.07) is 5.98. The molecule has 3 aliphatic rings. The molecule has 206 valence electrons. The number of benzene rings is 1. The van der Waals surface area contributed by atoms with Gasteiger partial charge in [0.1, 0.15) is 17.1 Å². The number of allylic oxidation sites excluding steroid dienone is 1.